The van der Waals surface area contributed by atoms with E-state index in [1.165, 1.54) is 11.0 Å². The molecule has 0 aliphatic carbocycles. The lowest BCUT2D eigenvalue weighted by Crippen LogP contribution is -2.26. The lowest BCUT2D eigenvalue weighted by Gasteiger charge is -2.19. The van der Waals surface area contributed by atoms with Crippen molar-refractivity contribution in [3.63, 3.8) is 0 Å². The number of carbonyl (C=O) groups is 2. The molecule has 1 atom stereocenters. The van der Waals surface area contributed by atoms with Gasteiger partial charge in [0.1, 0.15) is 6.33 Å². The van der Waals surface area contributed by atoms with Gasteiger partial charge in [-0.25, -0.2) is 4.79 Å². The van der Waals surface area contributed by atoms with E-state index in [-0.39, 0.29) is 5.56 Å². The maximum atomic E-state index is 13.1. The Hall–Kier alpha value is -4.33. The molecule has 1 unspecified atom stereocenters. The van der Waals surface area contributed by atoms with Crippen LogP contribution in [-0.2, 0) is 9.53 Å². The first-order valence-corrected chi connectivity index (χ1v) is 9.57. The summed E-state index contributed by atoms with van der Waals surface area (Å²) in [5.41, 5.74) is 2.92. The van der Waals surface area contributed by atoms with E-state index in [9.17, 15) is 9.59 Å². The molecule has 8 heteroatoms. The lowest BCUT2D eigenvalue weighted by molar-refractivity contribution is -0.125. The molecule has 8 nitrogen and oxygen atoms in total. The number of aryl methyl sites for hydroxylation is 1. The largest absolute Gasteiger partial charge is 0.444 e. The number of anilines is 1. The Kier molecular flexibility index (Phi) is 5.79. The predicted octanol–water partition coefficient (Wildman–Crippen LogP) is 3.51. The topological polar surface area (TPSA) is 99.0 Å². The molecule has 1 heterocycles. The average Bonchev–Trinajstić information content (AvgIpc) is 3.34. The van der Waals surface area contributed by atoms with Crippen LogP contribution in [-0.4, -0.2) is 32.1 Å². The Morgan fingerprint density at radius 1 is 0.935 bits per heavy atom. The van der Waals surface area contributed by atoms with Crippen molar-refractivity contribution in [1.29, 1.82) is 0 Å². The minimum absolute atomic E-state index is 0.235. The van der Waals surface area contributed by atoms with Crippen LogP contribution in [0.3, 0.4) is 0 Å². The number of nitrogens with one attached hydrogen (secondary N) is 1. The van der Waals surface area contributed by atoms with E-state index in [0.29, 0.717) is 16.9 Å². The van der Waals surface area contributed by atoms with E-state index in [1.807, 2.05) is 25.1 Å². The van der Waals surface area contributed by atoms with Crippen LogP contribution in [0.25, 0.3) is 5.69 Å². The van der Waals surface area contributed by atoms with Gasteiger partial charge < -0.3 is 10.1 Å². The fourth-order valence-corrected chi connectivity index (χ4v) is 3.03. The van der Waals surface area contributed by atoms with Crippen LogP contribution in [0.4, 0.5) is 5.69 Å². The molecule has 0 bridgehead atoms. The molecule has 31 heavy (non-hydrogen) atoms. The Morgan fingerprint density at radius 3 is 2.35 bits per heavy atom. The van der Waals surface area contributed by atoms with Crippen molar-refractivity contribution in [1.82, 2.24) is 20.2 Å². The van der Waals surface area contributed by atoms with Gasteiger partial charge in [-0.2, -0.15) is 4.68 Å². The number of tetrazole rings is 1. The smallest absolute Gasteiger partial charge is 0.341 e. The molecule has 0 fully saturated rings. The highest BCUT2D eigenvalue weighted by Gasteiger charge is 2.27. The van der Waals surface area contributed by atoms with Gasteiger partial charge in [0.25, 0.3) is 5.91 Å². The molecule has 0 aliphatic heterocycles. The molecule has 1 amide bonds. The highest BCUT2D eigenvalue weighted by atomic mass is 16.5. The summed E-state index contributed by atoms with van der Waals surface area (Å²) in [5.74, 6) is -1.12. The minimum atomic E-state index is -1.14. The first-order valence-electron chi connectivity index (χ1n) is 9.57. The van der Waals surface area contributed by atoms with Crippen LogP contribution < -0.4 is 5.32 Å². The third-order valence-electron chi connectivity index (χ3n) is 4.60. The normalized spacial score (nSPS) is 11.5. The monoisotopic (exact) mass is 413 g/mol. The van der Waals surface area contributed by atoms with Gasteiger partial charge in [0, 0.05) is 11.3 Å². The predicted molar refractivity (Wildman–Crippen MR) is 114 cm³/mol. The second-order valence-electron chi connectivity index (χ2n) is 6.82. The summed E-state index contributed by atoms with van der Waals surface area (Å²) < 4.78 is 7.05. The minimum Gasteiger partial charge on any atom is -0.444 e. The van der Waals surface area contributed by atoms with E-state index in [0.717, 1.165) is 5.56 Å². The first-order chi connectivity index (χ1) is 15.1. The number of carbonyl (C=O) groups excluding carboxylic acids is 2. The third-order valence-corrected chi connectivity index (χ3v) is 4.60. The van der Waals surface area contributed by atoms with Crippen molar-refractivity contribution in [2.75, 3.05) is 5.32 Å². The van der Waals surface area contributed by atoms with Crippen LogP contribution >= 0.6 is 0 Å². The van der Waals surface area contributed by atoms with Crippen LogP contribution in [0, 0.1) is 6.92 Å². The summed E-state index contributed by atoms with van der Waals surface area (Å²) in [5, 5.41) is 13.9. The summed E-state index contributed by atoms with van der Waals surface area (Å²) in [6.45, 7) is 1.96. The van der Waals surface area contributed by atoms with Crippen LogP contribution in [0.15, 0.2) is 85.2 Å². The summed E-state index contributed by atoms with van der Waals surface area (Å²) in [6, 6.07) is 23.0. The fourth-order valence-electron chi connectivity index (χ4n) is 3.03. The van der Waals surface area contributed by atoms with Crippen molar-refractivity contribution in [2.24, 2.45) is 0 Å². The van der Waals surface area contributed by atoms with Gasteiger partial charge in [-0.3, -0.25) is 4.79 Å². The van der Waals surface area contributed by atoms with E-state index >= 15 is 0 Å². The van der Waals surface area contributed by atoms with Crippen LogP contribution in [0.1, 0.15) is 27.6 Å². The number of benzene rings is 3. The van der Waals surface area contributed by atoms with Gasteiger partial charge in [0.05, 0.1) is 11.3 Å². The number of para-hydroxylation sites is 1. The first kappa shape index (κ1) is 20.0. The molecule has 0 aliphatic rings. The number of aromatic nitrogens is 4. The second-order valence-corrected chi connectivity index (χ2v) is 6.82. The molecule has 1 N–H and O–H groups in total. The molecule has 0 spiro atoms. The molecule has 3 aromatic carbocycles. The van der Waals surface area contributed by atoms with Crippen molar-refractivity contribution in [3.8, 4) is 5.69 Å². The van der Waals surface area contributed by atoms with Crippen LogP contribution in [0.5, 0.6) is 0 Å². The van der Waals surface area contributed by atoms with Crippen molar-refractivity contribution in [2.45, 2.75) is 13.0 Å². The number of amides is 1. The highest BCUT2D eigenvalue weighted by Crippen LogP contribution is 2.23. The second kappa shape index (κ2) is 9.00. The van der Waals surface area contributed by atoms with E-state index in [2.05, 4.69) is 20.8 Å². The molecule has 0 saturated heterocycles. The van der Waals surface area contributed by atoms with E-state index in [1.54, 1.807) is 60.7 Å². The number of esters is 1. The number of hydrogen-bond acceptors (Lipinski definition) is 6. The van der Waals surface area contributed by atoms with Gasteiger partial charge in [0.15, 0.2) is 0 Å². The van der Waals surface area contributed by atoms with E-state index in [4.69, 9.17) is 4.74 Å². The molecule has 1 aromatic heterocycles. The average molecular weight is 413 g/mol. The molecular formula is C23H19N5O3. The van der Waals surface area contributed by atoms with Gasteiger partial charge in [0.2, 0.25) is 6.10 Å². The molecule has 0 radical (unpaired) electrons. The molecule has 0 saturated carbocycles. The highest BCUT2D eigenvalue weighted by molar-refractivity contribution is 5.99. The zero-order valence-corrected chi connectivity index (χ0v) is 16.7. The Bertz CT molecular complexity index is 1180. The van der Waals surface area contributed by atoms with Crippen molar-refractivity contribution >= 4 is 17.6 Å². The third kappa shape index (κ3) is 4.64. The number of hydrogen-bond donors (Lipinski definition) is 1. The van der Waals surface area contributed by atoms with Crippen molar-refractivity contribution in [3.05, 3.63) is 102 Å². The Labute approximate surface area is 178 Å². The maximum Gasteiger partial charge on any atom is 0.341 e. The fraction of sp³-hybridized carbons (Fsp3) is 0.0870. The summed E-state index contributed by atoms with van der Waals surface area (Å²) in [4.78, 5) is 26.1. The standard InChI is InChI=1S/C23H19N5O3/c1-16-11-13-18(14-12-16)25-22(29)21(17-7-3-2-4-8-17)31-23(30)19-9-5-6-10-20(19)28-15-24-26-27-28/h2-15,21H,1H3,(H,25,29). The van der Waals surface area contributed by atoms with Gasteiger partial charge >= 0.3 is 5.97 Å². The Balaban J connectivity index is 1.62. The molecule has 4 rings (SSSR count). The Morgan fingerprint density at radius 2 is 1.65 bits per heavy atom. The van der Waals surface area contributed by atoms with Crippen LogP contribution in [0.2, 0.25) is 0 Å². The molecule has 4 aromatic rings. The van der Waals surface area contributed by atoms with Crippen molar-refractivity contribution < 1.29 is 14.3 Å². The summed E-state index contributed by atoms with van der Waals surface area (Å²) in [6.07, 6.45) is 0.238. The zero-order valence-electron chi connectivity index (χ0n) is 16.7. The lowest BCUT2D eigenvalue weighted by atomic mass is 10.1. The summed E-state index contributed by atoms with van der Waals surface area (Å²) >= 11 is 0. The molecule has 154 valence electrons. The number of nitrogens with zero attached hydrogens (tertiary/aromatic N) is 4. The molecular weight excluding hydrogens is 394 g/mol. The quantitative estimate of drug-likeness (QED) is 0.486. The SMILES string of the molecule is Cc1ccc(NC(=O)C(OC(=O)c2ccccc2-n2cnnn2)c2ccccc2)cc1. The van der Waals surface area contributed by atoms with Gasteiger partial charge in [-0.15, -0.1) is 5.10 Å². The van der Waals surface area contributed by atoms with E-state index < -0.39 is 18.0 Å². The van der Waals surface area contributed by atoms with Gasteiger partial charge in [-0.05, 0) is 41.6 Å². The van der Waals surface area contributed by atoms with Gasteiger partial charge in [-0.1, -0.05) is 60.2 Å². The maximum absolute atomic E-state index is 13.1. The zero-order chi connectivity index (χ0) is 21.6. The number of ether oxygens (including phenoxy) is 1. The number of rotatable bonds is 6. The summed E-state index contributed by atoms with van der Waals surface area (Å²) in [7, 11) is 0.